The topological polar surface area (TPSA) is 59.0 Å². The second-order valence-corrected chi connectivity index (χ2v) is 7.63. The number of nitrogens with one attached hydrogen (secondary N) is 2. The van der Waals surface area contributed by atoms with Gasteiger partial charge in [-0.25, -0.2) is 0 Å². The Labute approximate surface area is 145 Å². The molecule has 5 nitrogen and oxygen atoms in total. The van der Waals surface area contributed by atoms with Crippen molar-refractivity contribution in [3.63, 3.8) is 0 Å². The first kappa shape index (κ1) is 17.5. The van der Waals surface area contributed by atoms with Crippen molar-refractivity contribution >= 4 is 5.91 Å². The van der Waals surface area contributed by atoms with Gasteiger partial charge in [0, 0.05) is 36.8 Å². The Bertz CT molecular complexity index is 574. The summed E-state index contributed by atoms with van der Waals surface area (Å²) >= 11 is 0. The van der Waals surface area contributed by atoms with E-state index in [9.17, 15) is 4.79 Å². The van der Waals surface area contributed by atoms with Crippen LogP contribution in [0.5, 0.6) is 0 Å². The molecular formula is C19H32N4O. The summed E-state index contributed by atoms with van der Waals surface area (Å²) < 4.78 is 1.96. The number of nitrogens with zero attached hydrogens (tertiary/aromatic N) is 2. The van der Waals surface area contributed by atoms with Crippen molar-refractivity contribution in [1.29, 1.82) is 0 Å². The van der Waals surface area contributed by atoms with E-state index < -0.39 is 0 Å². The summed E-state index contributed by atoms with van der Waals surface area (Å²) in [6.07, 6.45) is 9.49. The fourth-order valence-corrected chi connectivity index (χ4v) is 3.93. The largest absolute Gasteiger partial charge is 0.352 e. The standard InChI is InChI=1S/C19H32N4O/c1-13-14(2)22-23(15(13)3)12-11-19(24)21-18-10-9-17(18)20-16-7-5-4-6-8-16/h16-18,20H,4-12H2,1-3H3,(H,21,24)/t17-,18+/m1/s1. The number of rotatable bonds is 6. The fraction of sp³-hybridized carbons (Fsp3) is 0.789. The van der Waals surface area contributed by atoms with E-state index in [2.05, 4.69) is 29.6 Å². The molecule has 1 aromatic heterocycles. The molecule has 0 radical (unpaired) electrons. The van der Waals surface area contributed by atoms with Gasteiger partial charge in [0.1, 0.15) is 0 Å². The van der Waals surface area contributed by atoms with Gasteiger partial charge in [-0.05, 0) is 52.0 Å². The molecule has 0 saturated heterocycles. The zero-order valence-electron chi connectivity index (χ0n) is 15.4. The highest BCUT2D eigenvalue weighted by Gasteiger charge is 2.33. The molecule has 2 atom stereocenters. The maximum absolute atomic E-state index is 12.3. The first-order valence-electron chi connectivity index (χ1n) is 9.60. The van der Waals surface area contributed by atoms with Crippen molar-refractivity contribution in [3.05, 3.63) is 17.0 Å². The third-order valence-corrected chi connectivity index (χ3v) is 5.97. The van der Waals surface area contributed by atoms with Gasteiger partial charge in [-0.1, -0.05) is 19.3 Å². The maximum Gasteiger partial charge on any atom is 0.222 e. The van der Waals surface area contributed by atoms with Crippen molar-refractivity contribution in [2.24, 2.45) is 0 Å². The van der Waals surface area contributed by atoms with Crippen LogP contribution in [0.1, 0.15) is 68.3 Å². The van der Waals surface area contributed by atoms with Gasteiger partial charge in [0.05, 0.1) is 5.69 Å². The molecule has 1 heterocycles. The number of carbonyl (C=O) groups is 1. The van der Waals surface area contributed by atoms with Gasteiger partial charge in [0.2, 0.25) is 5.91 Å². The summed E-state index contributed by atoms with van der Waals surface area (Å²) in [5, 5.41) is 11.5. The van der Waals surface area contributed by atoms with Crippen molar-refractivity contribution < 1.29 is 4.79 Å². The Morgan fingerprint density at radius 3 is 2.38 bits per heavy atom. The van der Waals surface area contributed by atoms with Crippen LogP contribution in [0.15, 0.2) is 0 Å². The highest BCUT2D eigenvalue weighted by atomic mass is 16.1. The highest BCUT2D eigenvalue weighted by molar-refractivity contribution is 5.76. The normalized spacial score (nSPS) is 24.6. The first-order chi connectivity index (χ1) is 11.5. The SMILES string of the molecule is Cc1nn(CCC(=O)N[C@H]2CC[C@H]2NC2CCCCC2)c(C)c1C. The van der Waals surface area contributed by atoms with Crippen LogP contribution in [0.3, 0.4) is 0 Å². The lowest BCUT2D eigenvalue weighted by atomic mass is 9.84. The summed E-state index contributed by atoms with van der Waals surface area (Å²) in [5.74, 6) is 0.153. The molecule has 1 aromatic rings. The average molecular weight is 332 g/mol. The molecule has 3 rings (SSSR count). The quantitative estimate of drug-likeness (QED) is 0.842. The molecule has 134 valence electrons. The van der Waals surface area contributed by atoms with Gasteiger partial charge in [0.25, 0.3) is 0 Å². The lowest BCUT2D eigenvalue weighted by molar-refractivity contribution is -0.123. The highest BCUT2D eigenvalue weighted by Crippen LogP contribution is 2.24. The first-order valence-corrected chi connectivity index (χ1v) is 9.60. The Kier molecular flexibility index (Phi) is 5.59. The van der Waals surface area contributed by atoms with E-state index in [0.29, 0.717) is 31.1 Å². The van der Waals surface area contributed by atoms with E-state index >= 15 is 0 Å². The molecule has 1 amide bonds. The van der Waals surface area contributed by atoms with Crippen molar-refractivity contribution in [3.8, 4) is 0 Å². The van der Waals surface area contributed by atoms with Crippen LogP contribution >= 0.6 is 0 Å². The zero-order chi connectivity index (χ0) is 17.1. The van der Waals surface area contributed by atoms with Gasteiger partial charge in [0.15, 0.2) is 0 Å². The number of aryl methyl sites for hydroxylation is 2. The molecule has 0 aliphatic heterocycles. The van der Waals surface area contributed by atoms with E-state index in [1.54, 1.807) is 0 Å². The number of hydrogen-bond donors (Lipinski definition) is 2. The van der Waals surface area contributed by atoms with Crippen LogP contribution in [-0.4, -0.2) is 33.8 Å². The second kappa shape index (κ2) is 7.68. The maximum atomic E-state index is 12.3. The minimum atomic E-state index is 0.153. The molecule has 0 unspecified atom stereocenters. The van der Waals surface area contributed by atoms with Gasteiger partial charge in [-0.15, -0.1) is 0 Å². The van der Waals surface area contributed by atoms with Crippen molar-refractivity contribution in [2.45, 2.75) is 96.8 Å². The summed E-state index contributed by atoms with van der Waals surface area (Å²) in [4.78, 5) is 12.3. The van der Waals surface area contributed by atoms with Crippen LogP contribution in [0.25, 0.3) is 0 Å². The Morgan fingerprint density at radius 2 is 1.79 bits per heavy atom. The van der Waals surface area contributed by atoms with Crippen LogP contribution in [0, 0.1) is 20.8 Å². The molecule has 5 heteroatoms. The van der Waals surface area contributed by atoms with E-state index in [-0.39, 0.29) is 5.91 Å². The molecule has 24 heavy (non-hydrogen) atoms. The smallest absolute Gasteiger partial charge is 0.222 e. The molecule has 2 N–H and O–H groups in total. The average Bonchev–Trinajstić information content (AvgIpc) is 2.82. The number of carbonyl (C=O) groups excluding carboxylic acids is 1. The third-order valence-electron chi connectivity index (χ3n) is 5.97. The van der Waals surface area contributed by atoms with Gasteiger partial charge in [-0.3, -0.25) is 9.48 Å². The molecule has 2 aliphatic rings. The third kappa shape index (κ3) is 4.00. The minimum Gasteiger partial charge on any atom is -0.352 e. The monoisotopic (exact) mass is 332 g/mol. The van der Waals surface area contributed by atoms with Gasteiger partial charge < -0.3 is 10.6 Å². The summed E-state index contributed by atoms with van der Waals surface area (Å²) in [5.41, 5.74) is 3.45. The Balaban J connectivity index is 1.42. The predicted molar refractivity (Wildman–Crippen MR) is 96.0 cm³/mol. The Hall–Kier alpha value is -1.36. The lowest BCUT2D eigenvalue weighted by Gasteiger charge is -2.41. The summed E-state index contributed by atoms with van der Waals surface area (Å²) in [6.45, 7) is 6.85. The molecule has 2 fully saturated rings. The van der Waals surface area contributed by atoms with Crippen LogP contribution in [0.4, 0.5) is 0 Å². The van der Waals surface area contributed by atoms with Crippen LogP contribution in [0.2, 0.25) is 0 Å². The van der Waals surface area contributed by atoms with Crippen molar-refractivity contribution in [2.75, 3.05) is 0 Å². The Morgan fingerprint density at radius 1 is 1.08 bits per heavy atom. The molecular weight excluding hydrogens is 300 g/mol. The number of amides is 1. The van der Waals surface area contributed by atoms with E-state index in [1.165, 1.54) is 49.8 Å². The van der Waals surface area contributed by atoms with Crippen LogP contribution < -0.4 is 10.6 Å². The molecule has 2 saturated carbocycles. The summed E-state index contributed by atoms with van der Waals surface area (Å²) in [7, 11) is 0. The van der Waals surface area contributed by atoms with Gasteiger partial charge in [-0.2, -0.15) is 5.10 Å². The van der Waals surface area contributed by atoms with E-state index in [0.717, 1.165) is 12.1 Å². The second-order valence-electron chi connectivity index (χ2n) is 7.63. The number of aromatic nitrogens is 2. The molecule has 2 aliphatic carbocycles. The van der Waals surface area contributed by atoms with Gasteiger partial charge >= 0.3 is 0 Å². The van der Waals surface area contributed by atoms with E-state index in [4.69, 9.17) is 0 Å². The fourth-order valence-electron chi connectivity index (χ4n) is 3.93. The number of hydrogen-bond acceptors (Lipinski definition) is 3. The van der Waals surface area contributed by atoms with Crippen molar-refractivity contribution in [1.82, 2.24) is 20.4 Å². The molecule has 0 bridgehead atoms. The van der Waals surface area contributed by atoms with Crippen LogP contribution in [-0.2, 0) is 11.3 Å². The van der Waals surface area contributed by atoms with E-state index in [1.807, 2.05) is 11.6 Å². The predicted octanol–water partition coefficient (Wildman–Crippen LogP) is 2.77. The lowest BCUT2D eigenvalue weighted by Crippen LogP contribution is -2.59. The minimum absolute atomic E-state index is 0.153. The summed E-state index contributed by atoms with van der Waals surface area (Å²) in [6, 6.07) is 1.47. The molecule has 0 spiro atoms. The molecule has 0 aromatic carbocycles. The zero-order valence-corrected chi connectivity index (χ0v) is 15.4.